The van der Waals surface area contributed by atoms with Gasteiger partial charge in [0.25, 0.3) is 5.91 Å². The van der Waals surface area contributed by atoms with E-state index in [1.165, 1.54) is 23.5 Å². The maximum absolute atomic E-state index is 13.4. The highest BCUT2D eigenvalue weighted by atomic mass is 32.1. The highest BCUT2D eigenvalue weighted by Crippen LogP contribution is 2.25. The van der Waals surface area contributed by atoms with Crippen LogP contribution in [-0.2, 0) is 6.54 Å². The Bertz CT molecular complexity index is 1350. The van der Waals surface area contributed by atoms with Crippen molar-refractivity contribution in [3.63, 3.8) is 0 Å². The minimum atomic E-state index is -0.432. The van der Waals surface area contributed by atoms with E-state index in [0.717, 1.165) is 10.4 Å². The second-order valence-electron chi connectivity index (χ2n) is 6.74. The average Bonchev–Trinajstić information content (AvgIpc) is 3.59. The van der Waals surface area contributed by atoms with Crippen molar-refractivity contribution in [1.29, 1.82) is 0 Å². The molecule has 0 aliphatic carbocycles. The molecule has 0 radical (unpaired) electrons. The molecule has 0 saturated heterocycles. The summed E-state index contributed by atoms with van der Waals surface area (Å²) in [6.07, 6.45) is 5.11. The van der Waals surface area contributed by atoms with Crippen LogP contribution in [0.1, 0.15) is 16.2 Å². The summed E-state index contributed by atoms with van der Waals surface area (Å²) in [4.78, 5) is 22.5. The molecule has 4 heterocycles. The third-order valence-corrected chi connectivity index (χ3v) is 5.52. The smallest absolute Gasteiger partial charge is 0.291 e. The van der Waals surface area contributed by atoms with E-state index < -0.39 is 5.91 Å². The van der Waals surface area contributed by atoms with Gasteiger partial charge >= 0.3 is 0 Å². The lowest BCUT2D eigenvalue weighted by molar-refractivity contribution is 0.0940. The molecule has 158 valence electrons. The Labute approximate surface area is 186 Å². The maximum Gasteiger partial charge on any atom is 0.291 e. The number of thiophene rings is 1. The topological polar surface area (TPSA) is 90.5 Å². The number of rotatable bonds is 6. The van der Waals surface area contributed by atoms with Gasteiger partial charge in [-0.1, -0.05) is 12.1 Å². The second kappa shape index (κ2) is 8.52. The largest absolute Gasteiger partial charge is 0.345 e. The predicted molar refractivity (Wildman–Crippen MR) is 117 cm³/mol. The van der Waals surface area contributed by atoms with Crippen molar-refractivity contribution >= 4 is 17.2 Å². The zero-order valence-corrected chi connectivity index (χ0v) is 17.4. The van der Waals surface area contributed by atoms with Gasteiger partial charge in [-0.2, -0.15) is 5.10 Å². The van der Waals surface area contributed by atoms with Crippen molar-refractivity contribution in [3.05, 3.63) is 95.8 Å². The Kier molecular flexibility index (Phi) is 5.26. The van der Waals surface area contributed by atoms with Crippen LogP contribution in [0.4, 0.5) is 4.39 Å². The van der Waals surface area contributed by atoms with Crippen LogP contribution < -0.4 is 5.32 Å². The average molecular weight is 445 g/mol. The van der Waals surface area contributed by atoms with Gasteiger partial charge in [-0.05, 0) is 47.8 Å². The number of amides is 1. The third-order valence-electron chi connectivity index (χ3n) is 4.65. The molecule has 32 heavy (non-hydrogen) atoms. The van der Waals surface area contributed by atoms with Gasteiger partial charge in [-0.3, -0.25) is 4.79 Å². The van der Waals surface area contributed by atoms with Gasteiger partial charge in [0, 0.05) is 30.7 Å². The molecule has 4 aromatic heterocycles. The summed E-state index contributed by atoms with van der Waals surface area (Å²) in [5, 5.41) is 13.4. The van der Waals surface area contributed by atoms with Crippen molar-refractivity contribution < 1.29 is 9.18 Å². The molecule has 1 aromatic carbocycles. The van der Waals surface area contributed by atoms with Gasteiger partial charge in [-0.15, -0.1) is 16.4 Å². The molecule has 5 rings (SSSR count). The Morgan fingerprint density at radius 1 is 1.06 bits per heavy atom. The number of hydrogen-bond acceptors (Lipinski definition) is 6. The number of nitrogens with zero attached hydrogens (tertiary/aromatic N) is 6. The van der Waals surface area contributed by atoms with Crippen LogP contribution >= 0.6 is 11.3 Å². The number of hydrogen-bond donors (Lipinski definition) is 1. The fourth-order valence-corrected chi connectivity index (χ4v) is 3.86. The van der Waals surface area contributed by atoms with E-state index in [0.29, 0.717) is 17.3 Å². The molecule has 0 unspecified atom stereocenters. The predicted octanol–water partition coefficient (Wildman–Crippen LogP) is 3.65. The van der Waals surface area contributed by atoms with Crippen LogP contribution in [0.5, 0.6) is 0 Å². The van der Waals surface area contributed by atoms with Crippen LogP contribution in [0.2, 0.25) is 0 Å². The molecule has 0 aliphatic rings. The third kappa shape index (κ3) is 3.91. The first-order chi connectivity index (χ1) is 15.7. The van der Waals surface area contributed by atoms with Crippen molar-refractivity contribution in [2.45, 2.75) is 6.54 Å². The van der Waals surface area contributed by atoms with E-state index >= 15 is 0 Å². The number of carbonyl (C=O) groups excluding carboxylic acids is 1. The fraction of sp³-hybridized carbons (Fsp3) is 0.0455. The summed E-state index contributed by atoms with van der Waals surface area (Å²) >= 11 is 1.48. The molecule has 10 heteroatoms. The summed E-state index contributed by atoms with van der Waals surface area (Å²) in [5.41, 5.74) is 1.40. The standard InChI is InChI=1S/C22H16FN7OS/c23-16-6-8-17(9-7-16)30-21(18-5-2-13-32-18)27-19(28-30)22(31)25-14-15-4-1-10-24-20(15)29-12-3-11-26-29/h1-13H,14H2,(H,25,31). The monoisotopic (exact) mass is 445 g/mol. The van der Waals surface area contributed by atoms with Gasteiger partial charge in [0.15, 0.2) is 11.6 Å². The number of nitrogens with one attached hydrogen (secondary N) is 1. The van der Waals surface area contributed by atoms with E-state index in [4.69, 9.17) is 0 Å². The van der Waals surface area contributed by atoms with Crippen molar-refractivity contribution in [2.24, 2.45) is 0 Å². The molecular weight excluding hydrogens is 429 g/mol. The number of pyridine rings is 1. The zero-order valence-electron chi connectivity index (χ0n) is 16.6. The lowest BCUT2D eigenvalue weighted by atomic mass is 10.2. The Morgan fingerprint density at radius 2 is 1.94 bits per heavy atom. The highest BCUT2D eigenvalue weighted by molar-refractivity contribution is 7.13. The number of halogens is 1. The maximum atomic E-state index is 13.4. The molecule has 0 bridgehead atoms. The number of benzene rings is 1. The molecule has 1 amide bonds. The number of carbonyl (C=O) groups is 1. The minimum absolute atomic E-state index is 0.0160. The zero-order chi connectivity index (χ0) is 21.9. The van der Waals surface area contributed by atoms with E-state index in [9.17, 15) is 9.18 Å². The van der Waals surface area contributed by atoms with E-state index in [2.05, 4.69) is 25.5 Å². The number of aromatic nitrogens is 6. The van der Waals surface area contributed by atoms with E-state index in [-0.39, 0.29) is 18.2 Å². The normalized spacial score (nSPS) is 10.9. The Morgan fingerprint density at radius 3 is 2.69 bits per heavy atom. The first kappa shape index (κ1) is 19.8. The molecule has 8 nitrogen and oxygen atoms in total. The summed E-state index contributed by atoms with van der Waals surface area (Å²) < 4.78 is 16.6. The van der Waals surface area contributed by atoms with Gasteiger partial charge < -0.3 is 5.32 Å². The van der Waals surface area contributed by atoms with Gasteiger partial charge in [0.1, 0.15) is 5.82 Å². The van der Waals surface area contributed by atoms with Crippen molar-refractivity contribution in [1.82, 2.24) is 34.8 Å². The Balaban J connectivity index is 1.43. The quantitative estimate of drug-likeness (QED) is 0.431. The Hall–Kier alpha value is -4.18. The van der Waals surface area contributed by atoms with E-state index in [1.807, 2.05) is 23.6 Å². The fourth-order valence-electron chi connectivity index (χ4n) is 3.16. The molecule has 0 fully saturated rings. The van der Waals surface area contributed by atoms with E-state index in [1.54, 1.807) is 52.2 Å². The van der Waals surface area contributed by atoms with Crippen molar-refractivity contribution in [3.8, 4) is 22.2 Å². The molecule has 5 aromatic rings. The molecule has 0 saturated carbocycles. The second-order valence-corrected chi connectivity index (χ2v) is 7.69. The summed E-state index contributed by atoms with van der Waals surface area (Å²) in [5.74, 6) is 0.368. The first-order valence-electron chi connectivity index (χ1n) is 9.68. The lowest BCUT2D eigenvalue weighted by Gasteiger charge is -2.08. The first-order valence-corrected chi connectivity index (χ1v) is 10.6. The van der Waals surface area contributed by atoms with Crippen LogP contribution in [0, 0.1) is 5.82 Å². The van der Waals surface area contributed by atoms with Gasteiger partial charge in [-0.25, -0.2) is 23.7 Å². The van der Waals surface area contributed by atoms with Crippen molar-refractivity contribution in [2.75, 3.05) is 0 Å². The SMILES string of the molecule is O=C(NCc1cccnc1-n1cccn1)c1nc(-c2cccs2)n(-c2ccc(F)cc2)n1. The van der Waals surface area contributed by atoms with Crippen LogP contribution in [0.25, 0.3) is 22.2 Å². The highest BCUT2D eigenvalue weighted by Gasteiger charge is 2.20. The summed E-state index contributed by atoms with van der Waals surface area (Å²) in [6, 6.07) is 15.1. The van der Waals surface area contributed by atoms with Gasteiger partial charge in [0.2, 0.25) is 5.82 Å². The van der Waals surface area contributed by atoms with Gasteiger partial charge in [0.05, 0.1) is 10.6 Å². The molecule has 0 atom stereocenters. The minimum Gasteiger partial charge on any atom is -0.345 e. The summed E-state index contributed by atoms with van der Waals surface area (Å²) in [6.45, 7) is 0.224. The molecular formula is C22H16FN7OS. The molecule has 0 spiro atoms. The summed E-state index contributed by atoms with van der Waals surface area (Å²) in [7, 11) is 0. The lowest BCUT2D eigenvalue weighted by Crippen LogP contribution is -2.25. The van der Waals surface area contributed by atoms with Crippen LogP contribution in [0.15, 0.2) is 78.6 Å². The van der Waals surface area contributed by atoms with Crippen LogP contribution in [0.3, 0.4) is 0 Å². The van der Waals surface area contributed by atoms with Crippen LogP contribution in [-0.4, -0.2) is 35.4 Å². The molecule has 0 aliphatic heterocycles. The molecule has 1 N–H and O–H groups in total.